The third kappa shape index (κ3) is 5.90. The molecule has 0 aliphatic heterocycles. The molecule has 2 N–H and O–H groups in total. The molecule has 2 aromatic rings. The second-order valence-corrected chi connectivity index (χ2v) is 6.17. The smallest absolute Gasteiger partial charge is 0.408 e. The Hall–Kier alpha value is -2.09. The molecule has 2 rings (SSSR count). The number of nitrogens with one attached hydrogen (secondary N) is 1. The third-order valence-corrected chi connectivity index (χ3v) is 3.88. The lowest BCUT2D eigenvalue weighted by Crippen LogP contribution is -2.42. The van der Waals surface area contributed by atoms with E-state index in [-0.39, 0.29) is 13.0 Å². The van der Waals surface area contributed by atoms with Crippen LogP contribution in [0.1, 0.15) is 11.1 Å². The van der Waals surface area contributed by atoms with Crippen LogP contribution in [0.5, 0.6) is 0 Å². The summed E-state index contributed by atoms with van der Waals surface area (Å²) < 4.78 is 6.11. The Bertz CT molecular complexity index is 658. The minimum Gasteiger partial charge on any atom is -0.480 e. The molecule has 0 radical (unpaired) electrons. The molecule has 0 aliphatic rings. The molecule has 1 amide bonds. The number of halogens is 1. The highest BCUT2D eigenvalue weighted by Gasteiger charge is 2.21. The largest absolute Gasteiger partial charge is 0.480 e. The Morgan fingerprint density at radius 1 is 1.04 bits per heavy atom. The van der Waals surface area contributed by atoms with Crippen LogP contribution in [0.2, 0.25) is 0 Å². The van der Waals surface area contributed by atoms with Crippen molar-refractivity contribution in [3.05, 3.63) is 69.3 Å². The number of hydrogen-bond acceptors (Lipinski definition) is 3. The minimum absolute atomic E-state index is 0.0997. The van der Waals surface area contributed by atoms with E-state index in [2.05, 4.69) is 27.9 Å². The van der Waals surface area contributed by atoms with E-state index < -0.39 is 18.1 Å². The van der Waals surface area contributed by atoms with Gasteiger partial charge in [-0.25, -0.2) is 9.59 Å². The topological polar surface area (TPSA) is 75.6 Å². The van der Waals surface area contributed by atoms with Crippen LogP contribution in [0.15, 0.2) is 54.6 Å². The van der Waals surface area contributed by atoms with E-state index in [1.165, 1.54) is 0 Å². The van der Waals surface area contributed by atoms with Crippen LogP contribution in [-0.4, -0.2) is 23.2 Å². The van der Waals surface area contributed by atoms with E-state index in [9.17, 15) is 14.7 Å². The number of amides is 1. The van der Waals surface area contributed by atoms with Gasteiger partial charge in [-0.05, 0) is 45.9 Å². The molecule has 0 heterocycles. The van der Waals surface area contributed by atoms with Gasteiger partial charge in [0.05, 0.1) is 0 Å². The van der Waals surface area contributed by atoms with Crippen molar-refractivity contribution in [3.63, 3.8) is 0 Å². The summed E-state index contributed by atoms with van der Waals surface area (Å²) in [4.78, 5) is 23.1. The molecule has 23 heavy (non-hydrogen) atoms. The zero-order chi connectivity index (χ0) is 16.7. The van der Waals surface area contributed by atoms with Crippen molar-refractivity contribution in [3.8, 4) is 0 Å². The summed E-state index contributed by atoms with van der Waals surface area (Å²) in [6, 6.07) is 15.6. The molecule has 5 nitrogen and oxygen atoms in total. The van der Waals surface area contributed by atoms with Crippen LogP contribution in [0, 0.1) is 3.57 Å². The number of hydrogen-bond donors (Lipinski definition) is 2. The number of ether oxygens (including phenoxy) is 1. The normalized spacial score (nSPS) is 11.5. The van der Waals surface area contributed by atoms with Gasteiger partial charge in [-0.1, -0.05) is 42.5 Å². The van der Waals surface area contributed by atoms with Gasteiger partial charge < -0.3 is 15.2 Å². The van der Waals surface area contributed by atoms with Crippen molar-refractivity contribution in [1.82, 2.24) is 5.32 Å². The van der Waals surface area contributed by atoms with Crippen molar-refractivity contribution in [1.29, 1.82) is 0 Å². The van der Waals surface area contributed by atoms with Crippen LogP contribution in [-0.2, 0) is 22.6 Å². The van der Waals surface area contributed by atoms with Crippen molar-refractivity contribution in [2.75, 3.05) is 0 Å². The fourth-order valence-corrected chi connectivity index (χ4v) is 2.32. The Morgan fingerprint density at radius 3 is 2.30 bits per heavy atom. The number of carboxylic acids is 1. The maximum atomic E-state index is 11.8. The summed E-state index contributed by atoms with van der Waals surface area (Å²) in [5.41, 5.74) is 1.67. The highest BCUT2D eigenvalue weighted by molar-refractivity contribution is 14.1. The molecule has 0 fully saturated rings. The molecule has 0 saturated heterocycles. The summed E-state index contributed by atoms with van der Waals surface area (Å²) in [6.45, 7) is 0.0997. The summed E-state index contributed by atoms with van der Waals surface area (Å²) in [5.74, 6) is -1.10. The summed E-state index contributed by atoms with van der Waals surface area (Å²) >= 11 is 2.17. The third-order valence-electron chi connectivity index (χ3n) is 3.16. The molecule has 6 heteroatoms. The van der Waals surface area contributed by atoms with Crippen LogP contribution in [0.4, 0.5) is 4.79 Å². The lowest BCUT2D eigenvalue weighted by molar-refractivity contribution is -0.139. The predicted octanol–water partition coefficient (Wildman–Crippen LogP) is 3.21. The minimum atomic E-state index is -1.10. The van der Waals surface area contributed by atoms with E-state index in [0.29, 0.717) is 0 Å². The Kier molecular flexibility index (Phi) is 6.40. The highest BCUT2D eigenvalue weighted by Crippen LogP contribution is 2.09. The first-order chi connectivity index (χ1) is 11.0. The summed E-state index contributed by atoms with van der Waals surface area (Å²) in [5, 5.41) is 11.6. The Balaban J connectivity index is 1.89. The number of carboxylic acid groups (broad SMARTS) is 1. The van der Waals surface area contributed by atoms with Gasteiger partial charge in [0.15, 0.2) is 0 Å². The number of benzene rings is 2. The molecule has 1 unspecified atom stereocenters. The zero-order valence-electron chi connectivity index (χ0n) is 12.2. The van der Waals surface area contributed by atoms with E-state index >= 15 is 0 Å². The van der Waals surface area contributed by atoms with Gasteiger partial charge >= 0.3 is 12.1 Å². The number of alkyl carbamates (subject to hydrolysis) is 1. The van der Waals surface area contributed by atoms with Crippen LogP contribution < -0.4 is 5.32 Å². The van der Waals surface area contributed by atoms with Gasteiger partial charge in [-0.15, -0.1) is 0 Å². The molecule has 120 valence electrons. The number of carbonyl (C=O) groups excluding carboxylic acids is 1. The molecule has 2 aromatic carbocycles. The lowest BCUT2D eigenvalue weighted by atomic mass is 10.1. The molecule has 0 saturated carbocycles. The highest BCUT2D eigenvalue weighted by atomic mass is 127. The quantitative estimate of drug-likeness (QED) is 0.698. The van der Waals surface area contributed by atoms with Crippen molar-refractivity contribution < 1.29 is 19.4 Å². The molecular weight excluding hydrogens is 409 g/mol. The van der Waals surface area contributed by atoms with E-state index in [0.717, 1.165) is 14.7 Å². The predicted molar refractivity (Wildman–Crippen MR) is 94.0 cm³/mol. The van der Waals surface area contributed by atoms with Gasteiger partial charge in [-0.3, -0.25) is 0 Å². The fourth-order valence-electron chi connectivity index (χ4n) is 1.96. The Morgan fingerprint density at radius 2 is 1.70 bits per heavy atom. The number of aliphatic carboxylic acids is 1. The maximum absolute atomic E-state index is 11.8. The molecule has 0 spiro atoms. The molecular formula is C17H16INO4. The first-order valence-electron chi connectivity index (χ1n) is 6.99. The van der Waals surface area contributed by atoms with Gasteiger partial charge in [0.2, 0.25) is 0 Å². The second kappa shape index (κ2) is 8.52. The van der Waals surface area contributed by atoms with Gasteiger partial charge in [0.25, 0.3) is 0 Å². The van der Waals surface area contributed by atoms with Crippen molar-refractivity contribution in [2.45, 2.75) is 19.1 Å². The van der Waals surface area contributed by atoms with Gasteiger partial charge in [-0.2, -0.15) is 0 Å². The van der Waals surface area contributed by atoms with E-state index in [1.807, 2.05) is 54.6 Å². The maximum Gasteiger partial charge on any atom is 0.408 e. The van der Waals surface area contributed by atoms with Crippen molar-refractivity contribution in [2.24, 2.45) is 0 Å². The molecule has 1 atom stereocenters. The van der Waals surface area contributed by atoms with Crippen LogP contribution >= 0.6 is 22.6 Å². The SMILES string of the molecule is O=C(NC(Cc1ccc(I)cc1)C(=O)O)OCc1ccccc1. The number of carbonyl (C=O) groups is 2. The first kappa shape index (κ1) is 17.3. The molecule has 0 bridgehead atoms. The average Bonchev–Trinajstić information content (AvgIpc) is 2.55. The van der Waals surface area contributed by atoms with Crippen LogP contribution in [0.3, 0.4) is 0 Å². The van der Waals surface area contributed by atoms with Gasteiger partial charge in [0.1, 0.15) is 12.6 Å². The molecule has 0 aliphatic carbocycles. The standard InChI is InChI=1S/C17H16INO4/c18-14-8-6-12(7-9-14)10-15(16(20)21)19-17(22)23-11-13-4-2-1-3-5-13/h1-9,15H,10-11H2,(H,19,22)(H,20,21). The Labute approximate surface area is 147 Å². The monoisotopic (exact) mass is 425 g/mol. The summed E-state index contributed by atoms with van der Waals surface area (Å²) in [7, 11) is 0. The zero-order valence-corrected chi connectivity index (χ0v) is 14.4. The summed E-state index contributed by atoms with van der Waals surface area (Å²) in [6.07, 6.45) is -0.543. The average molecular weight is 425 g/mol. The van der Waals surface area contributed by atoms with Crippen molar-refractivity contribution >= 4 is 34.7 Å². The molecule has 0 aromatic heterocycles. The lowest BCUT2D eigenvalue weighted by Gasteiger charge is -2.15. The van der Waals surface area contributed by atoms with E-state index in [1.54, 1.807) is 0 Å². The fraction of sp³-hybridized carbons (Fsp3) is 0.176. The number of rotatable bonds is 6. The van der Waals surface area contributed by atoms with Crippen LogP contribution in [0.25, 0.3) is 0 Å². The second-order valence-electron chi connectivity index (χ2n) is 4.93. The first-order valence-corrected chi connectivity index (χ1v) is 8.07. The van der Waals surface area contributed by atoms with E-state index in [4.69, 9.17) is 4.74 Å². The van der Waals surface area contributed by atoms with Gasteiger partial charge in [0, 0.05) is 9.99 Å².